The fourth-order valence-corrected chi connectivity index (χ4v) is 3.47. The first kappa shape index (κ1) is 19.0. The van der Waals surface area contributed by atoms with Gasteiger partial charge in [-0.3, -0.25) is 19.5 Å². The zero-order chi connectivity index (χ0) is 19.6. The Bertz CT molecular complexity index is 1060. The zero-order valence-corrected chi connectivity index (χ0v) is 15.7. The lowest BCUT2D eigenvalue weighted by molar-refractivity contribution is -0.119. The van der Waals surface area contributed by atoms with Gasteiger partial charge in [0.05, 0.1) is 29.0 Å². The van der Waals surface area contributed by atoms with Crippen molar-refractivity contribution in [3.8, 4) is 0 Å². The number of carbonyl (C=O) groups excluding carboxylic acids is 2. The lowest BCUT2D eigenvalue weighted by Crippen LogP contribution is -2.39. The molecule has 0 aliphatic rings. The average molecular weight is 407 g/mol. The number of benzene rings is 1. The molecule has 3 amide bonds. The van der Waals surface area contributed by atoms with Gasteiger partial charge in [-0.1, -0.05) is 23.4 Å². The maximum Gasteiger partial charge on any atom is 0.318 e. The number of aromatic nitrogens is 2. The Morgan fingerprint density at radius 2 is 2.19 bits per heavy atom. The molecule has 0 saturated heterocycles. The summed E-state index contributed by atoms with van der Waals surface area (Å²) in [4.78, 5) is 40.3. The number of urea groups is 1. The van der Waals surface area contributed by atoms with Gasteiger partial charge in [0.1, 0.15) is 5.76 Å². The van der Waals surface area contributed by atoms with E-state index in [-0.39, 0.29) is 12.1 Å². The van der Waals surface area contributed by atoms with Crippen LogP contribution >= 0.6 is 23.4 Å². The number of rotatable bonds is 5. The lowest BCUT2D eigenvalue weighted by atomic mass is 10.2. The Balaban J connectivity index is 2.06. The van der Waals surface area contributed by atoms with E-state index in [2.05, 4.69) is 4.98 Å². The predicted molar refractivity (Wildman–Crippen MR) is 102 cm³/mol. The summed E-state index contributed by atoms with van der Waals surface area (Å²) in [6.07, 6.45) is 1.50. The first-order valence-electron chi connectivity index (χ1n) is 7.84. The molecule has 0 spiro atoms. The number of furan rings is 1. The number of fused-ring (bicyclic) bond motifs is 1. The topological polar surface area (TPSA) is 120 Å². The van der Waals surface area contributed by atoms with Crippen LogP contribution < -0.4 is 16.6 Å². The molecule has 10 heteroatoms. The summed E-state index contributed by atoms with van der Waals surface area (Å²) in [7, 11) is 0. The van der Waals surface area contributed by atoms with Crippen LogP contribution in [0.1, 0.15) is 12.7 Å². The number of thioether (sulfide) groups is 1. The van der Waals surface area contributed by atoms with Gasteiger partial charge in [-0.25, -0.2) is 9.78 Å². The number of halogens is 1. The Kier molecular flexibility index (Phi) is 5.52. The fraction of sp³-hybridized carbons (Fsp3) is 0.176. The molecule has 0 aliphatic heterocycles. The Morgan fingerprint density at radius 3 is 2.85 bits per heavy atom. The fourth-order valence-electron chi connectivity index (χ4n) is 2.40. The minimum Gasteiger partial charge on any atom is -0.467 e. The number of hydrogen-bond donors (Lipinski definition) is 2. The summed E-state index contributed by atoms with van der Waals surface area (Å²) >= 11 is 7.03. The van der Waals surface area contributed by atoms with Crippen molar-refractivity contribution >= 4 is 46.2 Å². The van der Waals surface area contributed by atoms with E-state index in [0.717, 1.165) is 11.8 Å². The van der Waals surface area contributed by atoms with Crippen LogP contribution in [0.2, 0.25) is 5.02 Å². The van der Waals surface area contributed by atoms with Crippen LogP contribution in [0.4, 0.5) is 4.79 Å². The van der Waals surface area contributed by atoms with Gasteiger partial charge in [0.25, 0.3) is 5.56 Å². The first-order valence-corrected chi connectivity index (χ1v) is 9.10. The first-order chi connectivity index (χ1) is 12.8. The number of imide groups is 1. The van der Waals surface area contributed by atoms with Crippen molar-refractivity contribution in [2.45, 2.75) is 23.9 Å². The molecule has 27 heavy (non-hydrogen) atoms. The molecule has 3 rings (SSSR count). The highest BCUT2D eigenvalue weighted by atomic mass is 35.5. The predicted octanol–water partition coefficient (Wildman–Crippen LogP) is 2.37. The van der Waals surface area contributed by atoms with Crippen molar-refractivity contribution in [2.75, 3.05) is 0 Å². The number of amides is 3. The quantitative estimate of drug-likeness (QED) is 0.495. The molecule has 140 valence electrons. The number of primary amides is 1. The molecule has 3 N–H and O–H groups in total. The molecule has 3 aromatic rings. The smallest absolute Gasteiger partial charge is 0.318 e. The van der Waals surface area contributed by atoms with Crippen LogP contribution in [0.5, 0.6) is 0 Å². The van der Waals surface area contributed by atoms with E-state index in [9.17, 15) is 14.4 Å². The standard InChI is InChI=1S/C17H15ClN4O4S/c1-9(14(23)21-16(19)25)27-17-20-13-7-10(18)4-5-12(13)15(24)22(17)8-11-3-2-6-26-11/h2-7,9H,8H2,1H3,(H3,19,21,23,25). The van der Waals surface area contributed by atoms with Crippen molar-refractivity contribution < 1.29 is 14.0 Å². The van der Waals surface area contributed by atoms with Gasteiger partial charge in [-0.2, -0.15) is 0 Å². The summed E-state index contributed by atoms with van der Waals surface area (Å²) in [5.74, 6) is -0.0270. The number of nitrogens with zero attached hydrogens (tertiary/aromatic N) is 2. The highest BCUT2D eigenvalue weighted by molar-refractivity contribution is 8.00. The van der Waals surface area contributed by atoms with E-state index in [1.54, 1.807) is 37.3 Å². The summed E-state index contributed by atoms with van der Waals surface area (Å²) in [5, 5.41) is 2.42. The second kappa shape index (κ2) is 7.85. The van der Waals surface area contributed by atoms with Crippen molar-refractivity contribution in [3.05, 3.63) is 57.7 Å². The van der Waals surface area contributed by atoms with Crippen LogP contribution in [-0.4, -0.2) is 26.7 Å². The normalized spacial score (nSPS) is 12.1. The maximum absolute atomic E-state index is 13.0. The minimum atomic E-state index is -0.946. The second-order valence-electron chi connectivity index (χ2n) is 5.64. The molecule has 8 nitrogen and oxygen atoms in total. The van der Waals surface area contributed by atoms with Crippen LogP contribution in [-0.2, 0) is 11.3 Å². The Hall–Kier alpha value is -2.78. The Morgan fingerprint density at radius 1 is 1.41 bits per heavy atom. The number of nitrogens with one attached hydrogen (secondary N) is 1. The molecule has 1 atom stereocenters. The molecule has 0 aliphatic carbocycles. The molecule has 0 radical (unpaired) electrons. The van der Waals surface area contributed by atoms with Crippen LogP contribution in [0.15, 0.2) is 51.0 Å². The van der Waals surface area contributed by atoms with Crippen molar-refractivity contribution in [1.82, 2.24) is 14.9 Å². The minimum absolute atomic E-state index is 0.143. The molecule has 0 saturated carbocycles. The van der Waals surface area contributed by atoms with Crippen LogP contribution in [0.3, 0.4) is 0 Å². The summed E-state index contributed by atoms with van der Waals surface area (Å²) < 4.78 is 6.74. The third kappa shape index (κ3) is 4.32. The maximum atomic E-state index is 13.0. The van der Waals surface area contributed by atoms with Gasteiger partial charge in [-0.05, 0) is 37.3 Å². The zero-order valence-electron chi connectivity index (χ0n) is 14.1. The van der Waals surface area contributed by atoms with Crippen molar-refractivity contribution in [1.29, 1.82) is 0 Å². The van der Waals surface area contributed by atoms with E-state index in [0.29, 0.717) is 26.8 Å². The van der Waals surface area contributed by atoms with Crippen LogP contribution in [0, 0.1) is 0 Å². The molecule has 2 aromatic heterocycles. The second-order valence-corrected chi connectivity index (χ2v) is 7.38. The molecule has 0 bridgehead atoms. The lowest BCUT2D eigenvalue weighted by Gasteiger charge is -2.15. The van der Waals surface area contributed by atoms with Crippen LogP contribution in [0.25, 0.3) is 10.9 Å². The van der Waals surface area contributed by atoms with E-state index in [1.807, 2.05) is 5.32 Å². The molecule has 1 unspecified atom stereocenters. The average Bonchev–Trinajstić information content (AvgIpc) is 3.10. The monoisotopic (exact) mass is 406 g/mol. The van der Waals surface area contributed by atoms with E-state index in [1.165, 1.54) is 10.8 Å². The summed E-state index contributed by atoms with van der Waals surface area (Å²) in [5.41, 5.74) is 5.10. The van der Waals surface area contributed by atoms with Gasteiger partial charge in [-0.15, -0.1) is 0 Å². The van der Waals surface area contributed by atoms with E-state index < -0.39 is 17.2 Å². The summed E-state index contributed by atoms with van der Waals surface area (Å²) in [6.45, 7) is 1.72. The molecule has 2 heterocycles. The van der Waals surface area contributed by atoms with Gasteiger partial charge < -0.3 is 10.2 Å². The highest BCUT2D eigenvalue weighted by Gasteiger charge is 2.21. The highest BCUT2D eigenvalue weighted by Crippen LogP contribution is 2.24. The largest absolute Gasteiger partial charge is 0.467 e. The third-order valence-electron chi connectivity index (χ3n) is 3.67. The molecular formula is C17H15ClN4O4S. The van der Waals surface area contributed by atoms with Crippen molar-refractivity contribution in [2.24, 2.45) is 5.73 Å². The molecule has 0 fully saturated rings. The van der Waals surface area contributed by atoms with E-state index in [4.69, 9.17) is 21.8 Å². The van der Waals surface area contributed by atoms with E-state index >= 15 is 0 Å². The van der Waals surface area contributed by atoms with Gasteiger partial charge in [0.2, 0.25) is 5.91 Å². The number of carbonyl (C=O) groups is 2. The van der Waals surface area contributed by atoms with Gasteiger partial charge in [0, 0.05) is 5.02 Å². The molecule has 1 aromatic carbocycles. The SMILES string of the molecule is CC(Sc1nc2cc(Cl)ccc2c(=O)n1Cc1ccco1)C(=O)NC(N)=O. The Labute approximate surface area is 162 Å². The number of nitrogens with two attached hydrogens (primary N) is 1. The van der Waals surface area contributed by atoms with Gasteiger partial charge >= 0.3 is 6.03 Å². The number of hydrogen-bond acceptors (Lipinski definition) is 6. The summed E-state index contributed by atoms with van der Waals surface area (Å²) in [6, 6.07) is 7.29. The van der Waals surface area contributed by atoms with Crippen molar-refractivity contribution in [3.63, 3.8) is 0 Å². The molecular weight excluding hydrogens is 392 g/mol. The third-order valence-corrected chi connectivity index (χ3v) is 5.00. The van der Waals surface area contributed by atoms with Gasteiger partial charge in [0.15, 0.2) is 5.16 Å².